The van der Waals surface area contributed by atoms with Crippen LogP contribution in [0.5, 0.6) is 0 Å². The molecule has 0 saturated heterocycles. The predicted octanol–water partition coefficient (Wildman–Crippen LogP) is -1.26. The zero-order valence-electron chi connectivity index (χ0n) is 7.42. The maximum Gasteiger partial charge on any atom is 0.328 e. The molecule has 0 aliphatic heterocycles. The number of rotatable bonds is 8. The van der Waals surface area contributed by atoms with Crippen molar-refractivity contribution in [3.8, 4) is 0 Å². The van der Waals surface area contributed by atoms with Gasteiger partial charge in [0.05, 0.1) is 0 Å². The van der Waals surface area contributed by atoms with Crippen molar-refractivity contribution >= 4 is 23.2 Å². The number of nitrogens with zero attached hydrogens (tertiary/aromatic N) is 1. The van der Waals surface area contributed by atoms with E-state index < -0.39 is 43.2 Å². The Balaban J connectivity index is 3.89. The van der Waals surface area contributed by atoms with Crippen molar-refractivity contribution < 1.29 is 38.5 Å². The van der Waals surface area contributed by atoms with E-state index in [9.17, 15) is 4.79 Å². The van der Waals surface area contributed by atoms with Crippen LogP contribution >= 0.6 is 17.2 Å². The largest absolute Gasteiger partial charge is 0.480 e. The topological polar surface area (TPSA) is 140 Å². The number of carboxylic acid groups (broad SMARTS) is 1. The number of carbonyl (C=O) groups is 1. The summed E-state index contributed by atoms with van der Waals surface area (Å²) in [6, 6.07) is 0. The first-order chi connectivity index (χ1) is 6.91. The fourth-order valence-electron chi connectivity index (χ4n) is 0.586. The molecule has 0 fully saturated rings. The van der Waals surface area contributed by atoms with Crippen LogP contribution in [-0.2, 0) is 13.8 Å². The zero-order valence-corrected chi connectivity index (χ0v) is 9.21. The van der Waals surface area contributed by atoms with Crippen LogP contribution in [0.25, 0.3) is 0 Å². The number of hydrogen-bond acceptors (Lipinski definition) is 8. The molecule has 0 heterocycles. The highest BCUT2D eigenvalue weighted by Gasteiger charge is 2.13. The van der Waals surface area contributed by atoms with Gasteiger partial charge in [0, 0.05) is 0 Å². The molecule has 0 aromatic heterocycles. The highest BCUT2D eigenvalue weighted by atomic mass is 31.2. The Kier molecular flexibility index (Phi) is 8.26. The van der Waals surface area contributed by atoms with Crippen molar-refractivity contribution in [2.24, 2.45) is 0 Å². The lowest BCUT2D eigenvalue weighted by Gasteiger charge is -2.19. The molecule has 0 unspecified atom stereocenters. The van der Waals surface area contributed by atoms with E-state index in [2.05, 4.69) is 9.05 Å². The molecular formula is C4H11NO8P2. The molecule has 0 radical (unpaired) electrons. The van der Waals surface area contributed by atoms with E-state index in [4.69, 9.17) is 24.7 Å². The molecule has 0 amide bonds. The normalized spacial score (nSPS) is 11.7. The summed E-state index contributed by atoms with van der Waals surface area (Å²) in [5.74, 6) is -1.19. The maximum absolute atomic E-state index is 10.3. The average Bonchev–Trinajstić information content (AvgIpc) is 2.08. The smallest absolute Gasteiger partial charge is 0.328 e. The third-order valence-electron chi connectivity index (χ3n) is 1.07. The van der Waals surface area contributed by atoms with Crippen LogP contribution in [0.1, 0.15) is 0 Å². The fourth-order valence-corrected chi connectivity index (χ4v) is 1.12. The van der Waals surface area contributed by atoms with Gasteiger partial charge < -0.3 is 24.7 Å². The molecule has 9 nitrogen and oxygen atoms in total. The van der Waals surface area contributed by atoms with E-state index >= 15 is 0 Å². The Hall–Kier alpha value is 0.0500. The highest BCUT2D eigenvalue weighted by molar-refractivity contribution is 7.39. The highest BCUT2D eigenvalue weighted by Crippen LogP contribution is 2.26. The summed E-state index contributed by atoms with van der Waals surface area (Å²) in [5.41, 5.74) is 0. The van der Waals surface area contributed by atoms with Gasteiger partial charge in [0.2, 0.25) is 0 Å². The van der Waals surface area contributed by atoms with E-state index in [0.29, 0.717) is 0 Å². The molecule has 0 bridgehead atoms. The third-order valence-corrected chi connectivity index (χ3v) is 1.76. The van der Waals surface area contributed by atoms with Crippen LogP contribution in [0.15, 0.2) is 0 Å². The lowest BCUT2D eigenvalue weighted by molar-refractivity contribution is -0.140. The van der Waals surface area contributed by atoms with Gasteiger partial charge in [-0.25, -0.2) is 4.90 Å². The summed E-state index contributed by atoms with van der Waals surface area (Å²) in [4.78, 5) is 44.9. The molecule has 15 heavy (non-hydrogen) atoms. The zero-order chi connectivity index (χ0) is 11.8. The van der Waals surface area contributed by atoms with Gasteiger partial charge in [-0.2, -0.15) is 0 Å². The predicted molar refractivity (Wildman–Crippen MR) is 49.0 cm³/mol. The van der Waals surface area contributed by atoms with Crippen LogP contribution < -0.4 is 0 Å². The Morgan fingerprint density at radius 3 is 1.73 bits per heavy atom. The summed E-state index contributed by atoms with van der Waals surface area (Å²) in [7, 11) is -5.19. The molecule has 0 aromatic carbocycles. The van der Waals surface area contributed by atoms with Gasteiger partial charge in [0.25, 0.3) is 0 Å². The molecule has 5 N–H and O–H groups in total. The van der Waals surface area contributed by atoms with Gasteiger partial charge in [-0.3, -0.25) is 13.8 Å². The van der Waals surface area contributed by atoms with Crippen LogP contribution in [0.3, 0.4) is 0 Å². The van der Waals surface area contributed by atoms with Crippen molar-refractivity contribution in [1.82, 2.24) is 4.90 Å². The van der Waals surface area contributed by atoms with Gasteiger partial charge in [-0.15, -0.1) is 0 Å². The lowest BCUT2D eigenvalue weighted by Crippen LogP contribution is -2.32. The van der Waals surface area contributed by atoms with Crippen molar-refractivity contribution in [2.75, 3.05) is 20.0 Å². The molecule has 0 atom stereocenters. The molecule has 0 saturated carbocycles. The number of hydrogen-bond donors (Lipinski definition) is 5. The van der Waals surface area contributed by atoms with Crippen LogP contribution in [0.4, 0.5) is 0 Å². The second kappa shape index (κ2) is 8.23. The average molecular weight is 263 g/mol. The van der Waals surface area contributed by atoms with Crippen LogP contribution in [0.2, 0.25) is 0 Å². The molecule has 0 aliphatic rings. The summed E-state index contributed by atoms with van der Waals surface area (Å²) in [6.07, 6.45) is 0. The van der Waals surface area contributed by atoms with E-state index in [1.807, 2.05) is 0 Å². The maximum atomic E-state index is 10.3. The molecule has 0 aliphatic carbocycles. The molecule has 0 spiro atoms. The van der Waals surface area contributed by atoms with E-state index in [-0.39, 0.29) is 0 Å². The van der Waals surface area contributed by atoms with E-state index in [1.54, 1.807) is 0 Å². The second-order valence-corrected chi connectivity index (χ2v) is 3.77. The first-order valence-corrected chi connectivity index (χ1v) is 5.80. The minimum atomic E-state index is -2.59. The monoisotopic (exact) mass is 263 g/mol. The minimum absolute atomic E-state index is 0.409. The van der Waals surface area contributed by atoms with Crippen molar-refractivity contribution in [2.45, 2.75) is 0 Å². The molecule has 11 heteroatoms. The standard InChI is InChI=1S/C4H11NO8P2/c6-4(7)1-5(2-12-14(8)9)3-13-15(10)11/h8-11H,1-3H2,(H,6,7). The quantitative estimate of drug-likeness (QED) is 0.268. The Labute approximate surface area is 87.5 Å². The minimum Gasteiger partial charge on any atom is -0.480 e. The second-order valence-electron chi connectivity index (χ2n) is 2.24. The molecular weight excluding hydrogens is 252 g/mol. The van der Waals surface area contributed by atoms with Gasteiger partial charge in [0.1, 0.15) is 20.0 Å². The van der Waals surface area contributed by atoms with Gasteiger partial charge in [0.15, 0.2) is 0 Å². The molecule has 0 aromatic rings. The summed E-state index contributed by atoms with van der Waals surface area (Å²) in [5, 5.41) is 8.42. The summed E-state index contributed by atoms with van der Waals surface area (Å²) < 4.78 is 8.68. The SMILES string of the molecule is O=C(O)CN(COP(O)O)COP(O)O. The van der Waals surface area contributed by atoms with E-state index in [1.165, 1.54) is 0 Å². The van der Waals surface area contributed by atoms with Crippen LogP contribution in [0, 0.1) is 0 Å². The van der Waals surface area contributed by atoms with Crippen molar-refractivity contribution in [1.29, 1.82) is 0 Å². The Morgan fingerprint density at radius 2 is 1.47 bits per heavy atom. The third kappa shape index (κ3) is 10.3. The summed E-state index contributed by atoms with van der Waals surface area (Å²) >= 11 is 0. The van der Waals surface area contributed by atoms with Gasteiger partial charge in [-0.05, 0) is 0 Å². The first kappa shape index (κ1) is 15.0. The summed E-state index contributed by atoms with van der Waals surface area (Å²) in [6.45, 7) is -1.31. The molecule has 0 rings (SSSR count). The lowest BCUT2D eigenvalue weighted by atomic mass is 10.6. The van der Waals surface area contributed by atoms with Crippen molar-refractivity contribution in [3.05, 3.63) is 0 Å². The van der Waals surface area contributed by atoms with Crippen molar-refractivity contribution in [3.63, 3.8) is 0 Å². The fraction of sp³-hybridized carbons (Fsp3) is 0.750. The van der Waals surface area contributed by atoms with Gasteiger partial charge in [-0.1, -0.05) is 0 Å². The molecule has 90 valence electrons. The van der Waals surface area contributed by atoms with E-state index in [0.717, 1.165) is 4.90 Å². The number of carboxylic acids is 1. The van der Waals surface area contributed by atoms with Crippen LogP contribution in [-0.4, -0.2) is 55.6 Å². The van der Waals surface area contributed by atoms with Gasteiger partial charge >= 0.3 is 23.2 Å². The number of aliphatic carboxylic acids is 1. The first-order valence-electron chi connectivity index (χ1n) is 3.47. The Morgan fingerprint density at radius 1 is 1.07 bits per heavy atom. The Bertz CT molecular complexity index is 177.